The second-order valence-corrected chi connectivity index (χ2v) is 5.17. The molecule has 1 N–H and O–H groups in total. The first-order chi connectivity index (χ1) is 11.1. The van der Waals surface area contributed by atoms with E-state index in [0.717, 1.165) is 11.1 Å². The van der Waals surface area contributed by atoms with Gasteiger partial charge in [-0.15, -0.1) is 0 Å². The number of amides is 1. The summed E-state index contributed by atoms with van der Waals surface area (Å²) in [6.07, 6.45) is 0.539. The summed E-state index contributed by atoms with van der Waals surface area (Å²) in [7, 11) is 1.42. The lowest BCUT2D eigenvalue weighted by atomic mass is 10.1. The molecule has 0 radical (unpaired) electrons. The first-order valence-corrected chi connectivity index (χ1v) is 7.37. The number of carbonyl (C=O) groups excluding carboxylic acids is 1. The van der Waals surface area contributed by atoms with Crippen LogP contribution in [0.5, 0.6) is 11.5 Å². The number of aryl methyl sites for hydroxylation is 1. The lowest BCUT2D eigenvalue weighted by Gasteiger charge is -2.08. The Bertz CT molecular complexity index is 656. The Morgan fingerprint density at radius 1 is 1.17 bits per heavy atom. The molecule has 0 aromatic heterocycles. The van der Waals surface area contributed by atoms with Gasteiger partial charge in [0.2, 0.25) is 0 Å². The molecule has 2 aromatic rings. The van der Waals surface area contributed by atoms with Gasteiger partial charge in [-0.2, -0.15) is 0 Å². The number of rotatable bonds is 7. The van der Waals surface area contributed by atoms with E-state index in [1.807, 2.05) is 31.2 Å². The average molecular weight is 317 g/mol. The molecule has 0 aliphatic carbocycles. The molecule has 0 spiro atoms. The van der Waals surface area contributed by atoms with E-state index in [1.165, 1.54) is 13.2 Å². The van der Waals surface area contributed by atoms with E-state index in [0.29, 0.717) is 18.7 Å². The minimum atomic E-state index is -0.404. The third-order valence-electron chi connectivity index (χ3n) is 3.34. The number of methoxy groups -OCH3 is 1. The molecular weight excluding hydrogens is 297 g/mol. The molecule has 4 nitrogen and oxygen atoms in total. The predicted molar refractivity (Wildman–Crippen MR) is 86.3 cm³/mol. The van der Waals surface area contributed by atoms with Crippen molar-refractivity contribution in [3.63, 3.8) is 0 Å². The first kappa shape index (κ1) is 16.8. The Morgan fingerprint density at radius 3 is 2.57 bits per heavy atom. The van der Waals surface area contributed by atoms with Crippen molar-refractivity contribution in [2.75, 3.05) is 20.3 Å². The summed E-state index contributed by atoms with van der Waals surface area (Å²) in [6.45, 7) is 2.36. The summed E-state index contributed by atoms with van der Waals surface area (Å²) < 4.78 is 23.8. The zero-order chi connectivity index (χ0) is 16.7. The average Bonchev–Trinajstić information content (AvgIpc) is 2.54. The number of benzene rings is 2. The Morgan fingerprint density at radius 2 is 1.91 bits per heavy atom. The molecule has 0 atom stereocenters. The minimum Gasteiger partial charge on any atom is -0.494 e. The van der Waals surface area contributed by atoms with Crippen LogP contribution in [0, 0.1) is 12.7 Å². The largest absolute Gasteiger partial charge is 0.494 e. The Hall–Kier alpha value is -2.56. The molecule has 5 heteroatoms. The molecule has 1 amide bonds. The maximum absolute atomic E-state index is 13.5. The second-order valence-electron chi connectivity index (χ2n) is 5.17. The maximum Gasteiger partial charge on any atom is 0.257 e. The van der Waals surface area contributed by atoms with Crippen molar-refractivity contribution in [3.8, 4) is 11.5 Å². The van der Waals surface area contributed by atoms with Gasteiger partial charge in [0.15, 0.2) is 18.2 Å². The molecule has 0 unspecified atom stereocenters. The first-order valence-electron chi connectivity index (χ1n) is 7.37. The molecule has 0 saturated carbocycles. The van der Waals surface area contributed by atoms with Gasteiger partial charge in [-0.3, -0.25) is 4.79 Å². The number of halogens is 1. The van der Waals surface area contributed by atoms with Gasteiger partial charge in [0.05, 0.1) is 7.11 Å². The van der Waals surface area contributed by atoms with Crippen LogP contribution in [0.3, 0.4) is 0 Å². The van der Waals surface area contributed by atoms with E-state index in [-0.39, 0.29) is 18.3 Å². The normalized spacial score (nSPS) is 10.2. The van der Waals surface area contributed by atoms with E-state index in [9.17, 15) is 9.18 Å². The Labute approximate surface area is 135 Å². The van der Waals surface area contributed by atoms with E-state index in [4.69, 9.17) is 9.47 Å². The number of hydrogen-bond donors (Lipinski definition) is 1. The molecule has 0 bridgehead atoms. The van der Waals surface area contributed by atoms with Crippen LogP contribution in [0.2, 0.25) is 0 Å². The van der Waals surface area contributed by atoms with Crippen LogP contribution in [0.1, 0.15) is 11.1 Å². The Balaban J connectivity index is 1.72. The standard InChI is InChI=1S/C18H20FNO3/c1-13-3-6-15(7-4-13)23-12-18(21)20-10-9-14-5-8-17(22-2)16(19)11-14/h3-8,11H,9-10,12H2,1-2H3,(H,20,21). The zero-order valence-corrected chi connectivity index (χ0v) is 13.3. The molecule has 23 heavy (non-hydrogen) atoms. The summed E-state index contributed by atoms with van der Waals surface area (Å²) in [6, 6.07) is 12.3. The third kappa shape index (κ3) is 5.29. The van der Waals surface area contributed by atoms with Crippen LogP contribution in [-0.4, -0.2) is 26.2 Å². The van der Waals surface area contributed by atoms with Gasteiger partial charge in [0.25, 0.3) is 5.91 Å². The Kier molecular flexibility index (Phi) is 5.97. The van der Waals surface area contributed by atoms with Crippen LogP contribution < -0.4 is 14.8 Å². The van der Waals surface area contributed by atoms with Crippen molar-refractivity contribution < 1.29 is 18.7 Å². The maximum atomic E-state index is 13.5. The molecule has 122 valence electrons. The SMILES string of the molecule is COc1ccc(CCNC(=O)COc2ccc(C)cc2)cc1F. The molecule has 0 aliphatic heterocycles. The van der Waals surface area contributed by atoms with Gasteiger partial charge >= 0.3 is 0 Å². The summed E-state index contributed by atoms with van der Waals surface area (Å²) in [5.41, 5.74) is 1.93. The van der Waals surface area contributed by atoms with Crippen molar-refractivity contribution in [2.24, 2.45) is 0 Å². The van der Waals surface area contributed by atoms with Crippen LogP contribution in [0.25, 0.3) is 0 Å². The summed E-state index contributed by atoms with van der Waals surface area (Å²) in [4.78, 5) is 11.7. The monoisotopic (exact) mass is 317 g/mol. The highest BCUT2D eigenvalue weighted by atomic mass is 19.1. The quantitative estimate of drug-likeness (QED) is 0.854. The van der Waals surface area contributed by atoms with Gasteiger partial charge in [0.1, 0.15) is 5.75 Å². The van der Waals surface area contributed by atoms with Crippen molar-refractivity contribution in [2.45, 2.75) is 13.3 Å². The highest BCUT2D eigenvalue weighted by molar-refractivity contribution is 5.77. The smallest absolute Gasteiger partial charge is 0.257 e. The number of hydrogen-bond acceptors (Lipinski definition) is 3. The zero-order valence-electron chi connectivity index (χ0n) is 13.3. The van der Waals surface area contributed by atoms with Crippen molar-refractivity contribution in [1.82, 2.24) is 5.32 Å². The second kappa shape index (κ2) is 8.17. The fourth-order valence-corrected chi connectivity index (χ4v) is 2.05. The number of carbonyl (C=O) groups is 1. The van der Waals surface area contributed by atoms with Crippen LogP contribution in [0.15, 0.2) is 42.5 Å². The molecule has 0 heterocycles. The molecular formula is C18H20FNO3. The van der Waals surface area contributed by atoms with Crippen molar-refractivity contribution in [3.05, 3.63) is 59.4 Å². The van der Waals surface area contributed by atoms with Gasteiger partial charge < -0.3 is 14.8 Å². The van der Waals surface area contributed by atoms with E-state index < -0.39 is 5.82 Å². The van der Waals surface area contributed by atoms with E-state index in [1.54, 1.807) is 12.1 Å². The lowest BCUT2D eigenvalue weighted by molar-refractivity contribution is -0.123. The number of ether oxygens (including phenoxy) is 2. The van der Waals surface area contributed by atoms with Crippen molar-refractivity contribution >= 4 is 5.91 Å². The summed E-state index contributed by atoms with van der Waals surface area (Å²) >= 11 is 0. The number of nitrogens with one attached hydrogen (secondary N) is 1. The molecule has 2 rings (SSSR count). The summed E-state index contributed by atoms with van der Waals surface area (Å²) in [5, 5.41) is 2.74. The van der Waals surface area contributed by atoms with E-state index >= 15 is 0 Å². The van der Waals surface area contributed by atoms with Gasteiger partial charge in [-0.1, -0.05) is 23.8 Å². The molecule has 2 aromatic carbocycles. The van der Waals surface area contributed by atoms with Crippen LogP contribution in [-0.2, 0) is 11.2 Å². The minimum absolute atomic E-state index is 0.0416. The fourth-order valence-electron chi connectivity index (χ4n) is 2.05. The third-order valence-corrected chi connectivity index (χ3v) is 3.34. The van der Waals surface area contributed by atoms with Gasteiger partial charge in [-0.05, 0) is 43.2 Å². The van der Waals surface area contributed by atoms with Crippen LogP contribution >= 0.6 is 0 Å². The predicted octanol–water partition coefficient (Wildman–Crippen LogP) is 2.88. The van der Waals surface area contributed by atoms with Crippen LogP contribution in [0.4, 0.5) is 4.39 Å². The van der Waals surface area contributed by atoms with Gasteiger partial charge in [-0.25, -0.2) is 4.39 Å². The fraction of sp³-hybridized carbons (Fsp3) is 0.278. The lowest BCUT2D eigenvalue weighted by Crippen LogP contribution is -2.30. The van der Waals surface area contributed by atoms with Gasteiger partial charge in [0, 0.05) is 6.54 Å². The molecule has 0 saturated heterocycles. The molecule has 0 aliphatic rings. The molecule has 0 fully saturated rings. The summed E-state index contributed by atoms with van der Waals surface area (Å²) in [5.74, 6) is 0.255. The topological polar surface area (TPSA) is 47.6 Å². The highest BCUT2D eigenvalue weighted by Gasteiger charge is 2.05. The van der Waals surface area contributed by atoms with Crippen molar-refractivity contribution in [1.29, 1.82) is 0 Å². The van der Waals surface area contributed by atoms with E-state index in [2.05, 4.69) is 5.32 Å². The highest BCUT2D eigenvalue weighted by Crippen LogP contribution is 2.17.